The molecule has 0 amide bonds. The summed E-state index contributed by atoms with van der Waals surface area (Å²) in [5.41, 5.74) is 7.88. The van der Waals surface area contributed by atoms with Gasteiger partial charge in [0.1, 0.15) is 15.5 Å². The van der Waals surface area contributed by atoms with Gasteiger partial charge >= 0.3 is 0 Å². The first-order valence-corrected chi connectivity index (χ1v) is 7.83. The molecule has 0 saturated heterocycles. The van der Waals surface area contributed by atoms with Crippen molar-refractivity contribution < 1.29 is 9.18 Å². The van der Waals surface area contributed by atoms with E-state index in [0.717, 1.165) is 21.1 Å². The average Bonchev–Trinajstić information content (AvgIpc) is 2.89. The van der Waals surface area contributed by atoms with Gasteiger partial charge in [-0.2, -0.15) is 0 Å². The monoisotopic (exact) mass is 322 g/mol. The Balaban J connectivity index is 1.90. The third kappa shape index (κ3) is 2.26. The van der Waals surface area contributed by atoms with Crippen LogP contribution in [-0.2, 0) is 0 Å². The van der Waals surface area contributed by atoms with Crippen LogP contribution in [0.15, 0.2) is 54.6 Å². The van der Waals surface area contributed by atoms with E-state index in [9.17, 15) is 9.18 Å². The normalized spacial score (nSPS) is 11.2. The summed E-state index contributed by atoms with van der Waals surface area (Å²) in [4.78, 5) is 18.4. The van der Waals surface area contributed by atoms with E-state index in [-0.39, 0.29) is 11.6 Å². The van der Waals surface area contributed by atoms with Crippen LogP contribution in [0.2, 0.25) is 0 Å². The zero-order chi connectivity index (χ0) is 16.0. The number of para-hydroxylation sites is 1. The molecule has 0 spiro atoms. The minimum absolute atomic E-state index is 0.213. The number of thiophene rings is 1. The number of pyridine rings is 1. The Morgan fingerprint density at radius 2 is 1.83 bits per heavy atom. The van der Waals surface area contributed by atoms with Gasteiger partial charge in [0.2, 0.25) is 5.78 Å². The van der Waals surface area contributed by atoms with Gasteiger partial charge < -0.3 is 5.73 Å². The predicted octanol–water partition coefficient (Wildman–Crippen LogP) is 4.40. The van der Waals surface area contributed by atoms with E-state index < -0.39 is 0 Å². The lowest BCUT2D eigenvalue weighted by Crippen LogP contribution is -2.01. The third-order valence-electron chi connectivity index (χ3n) is 3.74. The van der Waals surface area contributed by atoms with Crippen LogP contribution < -0.4 is 5.73 Å². The van der Waals surface area contributed by atoms with Gasteiger partial charge in [0, 0.05) is 16.3 Å². The fourth-order valence-electron chi connectivity index (χ4n) is 2.54. The number of nitrogens with zero attached hydrogens (tertiary/aromatic N) is 1. The van der Waals surface area contributed by atoms with Crippen molar-refractivity contribution in [3.05, 3.63) is 70.9 Å². The molecule has 4 rings (SSSR count). The molecular formula is C18H11FN2OS. The summed E-state index contributed by atoms with van der Waals surface area (Å²) in [6.45, 7) is 0. The van der Waals surface area contributed by atoms with Gasteiger partial charge in [-0.05, 0) is 36.4 Å². The standard InChI is InChI=1S/C18H11FN2OS/c19-12-7-5-10(6-8-12)16(22)17-15(20)13-9-11-3-1-2-4-14(11)21-18(13)23-17/h1-9H,20H2. The Morgan fingerprint density at radius 1 is 1.09 bits per heavy atom. The lowest BCUT2D eigenvalue weighted by Gasteiger charge is -2.00. The summed E-state index contributed by atoms with van der Waals surface area (Å²) in [7, 11) is 0. The van der Waals surface area contributed by atoms with Crippen LogP contribution in [0.5, 0.6) is 0 Å². The Bertz CT molecular complexity index is 1050. The van der Waals surface area contributed by atoms with Gasteiger partial charge in [-0.1, -0.05) is 18.2 Å². The van der Waals surface area contributed by atoms with E-state index in [1.807, 2.05) is 30.3 Å². The molecular weight excluding hydrogens is 311 g/mol. The van der Waals surface area contributed by atoms with Crippen molar-refractivity contribution in [3.63, 3.8) is 0 Å². The highest BCUT2D eigenvalue weighted by atomic mass is 32.1. The maximum Gasteiger partial charge on any atom is 0.205 e. The van der Waals surface area contributed by atoms with Gasteiger partial charge in [-0.25, -0.2) is 9.37 Å². The number of hydrogen-bond acceptors (Lipinski definition) is 4. The molecule has 3 nitrogen and oxygen atoms in total. The zero-order valence-corrected chi connectivity index (χ0v) is 12.7. The fourth-order valence-corrected chi connectivity index (χ4v) is 3.59. The number of rotatable bonds is 2. The first kappa shape index (κ1) is 13.8. The molecule has 2 aromatic heterocycles. The highest BCUT2D eigenvalue weighted by Crippen LogP contribution is 2.35. The van der Waals surface area contributed by atoms with E-state index in [1.165, 1.54) is 35.6 Å². The van der Waals surface area contributed by atoms with Crippen LogP contribution >= 0.6 is 11.3 Å². The summed E-state index contributed by atoms with van der Waals surface area (Å²) in [5, 5.41) is 1.75. The molecule has 2 N–H and O–H groups in total. The molecule has 0 aliphatic rings. The summed E-state index contributed by atoms with van der Waals surface area (Å²) in [5.74, 6) is -0.590. The number of nitrogen functional groups attached to an aromatic ring is 1. The topological polar surface area (TPSA) is 56.0 Å². The summed E-state index contributed by atoms with van der Waals surface area (Å²) in [6.07, 6.45) is 0. The molecule has 0 aliphatic heterocycles. The van der Waals surface area contributed by atoms with Gasteiger partial charge in [-0.3, -0.25) is 4.79 Å². The van der Waals surface area contributed by atoms with Crippen molar-refractivity contribution in [2.75, 3.05) is 5.73 Å². The van der Waals surface area contributed by atoms with Crippen LogP contribution in [0.3, 0.4) is 0 Å². The lowest BCUT2D eigenvalue weighted by molar-refractivity contribution is 0.104. The largest absolute Gasteiger partial charge is 0.397 e. The van der Waals surface area contributed by atoms with Crippen molar-refractivity contribution in [3.8, 4) is 0 Å². The average molecular weight is 322 g/mol. The van der Waals surface area contributed by atoms with Crippen molar-refractivity contribution in [1.29, 1.82) is 0 Å². The second-order valence-electron chi connectivity index (χ2n) is 5.21. The summed E-state index contributed by atoms with van der Waals surface area (Å²) >= 11 is 1.27. The van der Waals surface area contributed by atoms with E-state index in [0.29, 0.717) is 16.1 Å². The molecule has 23 heavy (non-hydrogen) atoms. The fraction of sp³-hybridized carbons (Fsp3) is 0. The van der Waals surface area contributed by atoms with Crippen LogP contribution in [0.1, 0.15) is 15.2 Å². The molecule has 0 aliphatic carbocycles. The first-order valence-electron chi connectivity index (χ1n) is 7.01. The Kier molecular flexibility index (Phi) is 3.09. The zero-order valence-electron chi connectivity index (χ0n) is 11.9. The summed E-state index contributed by atoms with van der Waals surface area (Å²) < 4.78 is 13.0. The number of aromatic nitrogens is 1. The number of fused-ring (bicyclic) bond motifs is 2. The minimum atomic E-state index is -0.376. The molecule has 0 radical (unpaired) electrons. The molecule has 0 bridgehead atoms. The molecule has 2 aromatic carbocycles. The molecule has 0 unspecified atom stereocenters. The van der Waals surface area contributed by atoms with Crippen molar-refractivity contribution in [1.82, 2.24) is 4.98 Å². The number of carbonyl (C=O) groups excluding carboxylic acids is 1. The highest BCUT2D eigenvalue weighted by molar-refractivity contribution is 7.21. The number of hydrogen-bond donors (Lipinski definition) is 1. The molecule has 112 valence electrons. The van der Waals surface area contributed by atoms with Gasteiger partial charge in [-0.15, -0.1) is 11.3 Å². The van der Waals surface area contributed by atoms with E-state index in [1.54, 1.807) is 0 Å². The second kappa shape index (κ2) is 5.14. The first-order chi connectivity index (χ1) is 11.1. The number of nitrogens with two attached hydrogens (primary N) is 1. The van der Waals surface area contributed by atoms with Crippen molar-refractivity contribution in [2.24, 2.45) is 0 Å². The number of halogens is 1. The Hall–Kier alpha value is -2.79. The number of carbonyl (C=O) groups is 1. The van der Waals surface area contributed by atoms with Gasteiger partial charge in [0.05, 0.1) is 11.2 Å². The number of anilines is 1. The SMILES string of the molecule is Nc1c(C(=O)c2ccc(F)cc2)sc2nc3ccccc3cc12. The van der Waals surface area contributed by atoms with Gasteiger partial charge in [0.25, 0.3) is 0 Å². The Labute approximate surface area is 135 Å². The van der Waals surface area contributed by atoms with Gasteiger partial charge in [0.15, 0.2) is 0 Å². The van der Waals surface area contributed by atoms with E-state index in [2.05, 4.69) is 4.98 Å². The van der Waals surface area contributed by atoms with Crippen LogP contribution in [-0.4, -0.2) is 10.8 Å². The summed E-state index contributed by atoms with van der Waals surface area (Å²) in [6, 6.07) is 15.1. The molecule has 5 heteroatoms. The highest BCUT2D eigenvalue weighted by Gasteiger charge is 2.19. The van der Waals surface area contributed by atoms with E-state index >= 15 is 0 Å². The maximum absolute atomic E-state index is 13.0. The molecule has 2 heterocycles. The number of ketones is 1. The van der Waals surface area contributed by atoms with E-state index in [4.69, 9.17) is 5.73 Å². The van der Waals surface area contributed by atoms with Crippen molar-refractivity contribution >= 4 is 43.9 Å². The molecule has 0 fully saturated rings. The third-order valence-corrected chi connectivity index (χ3v) is 4.85. The molecule has 4 aromatic rings. The van der Waals surface area contributed by atoms with Crippen LogP contribution in [0.25, 0.3) is 21.1 Å². The number of benzene rings is 2. The van der Waals surface area contributed by atoms with Crippen LogP contribution in [0, 0.1) is 5.82 Å². The molecule has 0 saturated carbocycles. The quantitative estimate of drug-likeness (QED) is 0.556. The maximum atomic E-state index is 13.0. The minimum Gasteiger partial charge on any atom is -0.397 e. The molecule has 0 atom stereocenters. The predicted molar refractivity (Wildman–Crippen MR) is 91.4 cm³/mol. The Morgan fingerprint density at radius 3 is 2.61 bits per heavy atom. The smallest absolute Gasteiger partial charge is 0.205 e. The lowest BCUT2D eigenvalue weighted by atomic mass is 10.1. The van der Waals surface area contributed by atoms with Crippen molar-refractivity contribution in [2.45, 2.75) is 0 Å². The van der Waals surface area contributed by atoms with Crippen LogP contribution in [0.4, 0.5) is 10.1 Å². The second-order valence-corrected chi connectivity index (χ2v) is 6.21.